The van der Waals surface area contributed by atoms with Gasteiger partial charge in [-0.3, -0.25) is 9.48 Å². The predicted octanol–water partition coefficient (Wildman–Crippen LogP) is 2.78. The van der Waals surface area contributed by atoms with Gasteiger partial charge in [0.2, 0.25) is 0 Å². The number of rotatable bonds is 4. The number of benzene rings is 1. The Bertz CT molecular complexity index is 1100. The predicted molar refractivity (Wildman–Crippen MR) is 122 cm³/mol. The van der Waals surface area contributed by atoms with Crippen LogP contribution in [0.5, 0.6) is 0 Å². The number of piperidine rings is 1. The van der Waals surface area contributed by atoms with E-state index < -0.39 is 0 Å². The van der Waals surface area contributed by atoms with Gasteiger partial charge >= 0.3 is 0 Å². The molecule has 4 heterocycles. The number of β-amino-alcohol motifs (C(OH)–C–C–N with tert-alkyl or cyclic N) is 1. The van der Waals surface area contributed by atoms with Gasteiger partial charge in [-0.1, -0.05) is 6.07 Å². The number of aromatic nitrogens is 3. The monoisotopic (exact) mass is 420 g/mol. The Morgan fingerprint density at radius 3 is 2.74 bits per heavy atom. The third-order valence-electron chi connectivity index (χ3n) is 6.26. The van der Waals surface area contributed by atoms with E-state index in [9.17, 15) is 9.90 Å². The van der Waals surface area contributed by atoms with Crippen LogP contribution < -0.4 is 15.1 Å². The molecule has 0 bridgehead atoms. The summed E-state index contributed by atoms with van der Waals surface area (Å²) in [5, 5.41) is 18.4. The smallest absolute Gasteiger partial charge is 0.274 e. The number of aliphatic hydroxyl groups is 1. The number of aliphatic hydroxyl groups excluding tert-OH is 1. The van der Waals surface area contributed by atoms with Gasteiger partial charge in [0.05, 0.1) is 29.2 Å². The number of amides is 1. The Morgan fingerprint density at radius 2 is 1.97 bits per heavy atom. The molecule has 31 heavy (non-hydrogen) atoms. The number of nitrogens with one attached hydrogen (secondary N) is 1. The first-order valence-electron chi connectivity index (χ1n) is 11.0. The van der Waals surface area contributed by atoms with Crippen molar-refractivity contribution in [3.05, 3.63) is 42.2 Å². The van der Waals surface area contributed by atoms with E-state index in [1.807, 2.05) is 41.0 Å². The second-order valence-electron chi connectivity index (χ2n) is 8.47. The summed E-state index contributed by atoms with van der Waals surface area (Å²) in [5.74, 6) is 0.490. The topological polar surface area (TPSA) is 86.5 Å². The standard InChI is InChI=1S/C23H28N6O2/c1-27-20-13-19(21(12-16(20)14-24-27)28-9-3-2-4-10-28)26-23(31)18-6-5-7-22(25-18)29-11-8-17(30)15-29/h5-7,12-14,17,30H,2-4,8-11,15H2,1H3,(H,26,31)/t17-/m0/s1. The Kier molecular flexibility index (Phi) is 5.23. The summed E-state index contributed by atoms with van der Waals surface area (Å²) in [4.78, 5) is 22.1. The zero-order valence-corrected chi connectivity index (χ0v) is 17.8. The second kappa shape index (κ2) is 8.19. The van der Waals surface area contributed by atoms with Crippen LogP contribution in [0.2, 0.25) is 0 Å². The Hall–Kier alpha value is -3.13. The molecule has 2 aliphatic heterocycles. The third-order valence-corrected chi connectivity index (χ3v) is 6.26. The molecule has 8 nitrogen and oxygen atoms in total. The zero-order chi connectivity index (χ0) is 21.4. The van der Waals surface area contributed by atoms with Crippen LogP contribution in [-0.4, -0.2) is 58.1 Å². The van der Waals surface area contributed by atoms with Crippen molar-refractivity contribution in [1.82, 2.24) is 14.8 Å². The molecule has 1 atom stereocenters. The van der Waals surface area contributed by atoms with Crippen molar-refractivity contribution in [2.75, 3.05) is 41.3 Å². The average molecular weight is 421 g/mol. The number of aryl methyl sites for hydroxylation is 1. The number of nitrogens with zero attached hydrogens (tertiary/aromatic N) is 5. The number of anilines is 3. The fraction of sp³-hybridized carbons (Fsp3) is 0.435. The summed E-state index contributed by atoms with van der Waals surface area (Å²) >= 11 is 0. The van der Waals surface area contributed by atoms with Crippen molar-refractivity contribution in [3.8, 4) is 0 Å². The van der Waals surface area contributed by atoms with Gasteiger partial charge in [-0.25, -0.2) is 4.98 Å². The molecule has 2 saturated heterocycles. The Labute approximate surface area is 181 Å². The quantitative estimate of drug-likeness (QED) is 0.675. The van der Waals surface area contributed by atoms with Crippen LogP contribution in [0.4, 0.5) is 17.2 Å². The van der Waals surface area contributed by atoms with Crippen LogP contribution in [0.15, 0.2) is 36.5 Å². The van der Waals surface area contributed by atoms with Crippen LogP contribution in [-0.2, 0) is 7.05 Å². The molecule has 8 heteroatoms. The SMILES string of the molecule is Cn1ncc2cc(N3CCCCC3)c(NC(=O)c3cccc(N4CC[C@H](O)C4)n3)cc21. The maximum absolute atomic E-state index is 13.2. The van der Waals surface area contributed by atoms with Crippen molar-refractivity contribution < 1.29 is 9.90 Å². The molecule has 3 aromatic rings. The van der Waals surface area contributed by atoms with Crippen molar-refractivity contribution in [2.24, 2.45) is 7.05 Å². The normalized spacial score (nSPS) is 19.2. The van der Waals surface area contributed by atoms with E-state index >= 15 is 0 Å². The van der Waals surface area contributed by atoms with E-state index in [0.29, 0.717) is 12.2 Å². The lowest BCUT2D eigenvalue weighted by atomic mass is 10.1. The molecular formula is C23H28N6O2. The van der Waals surface area contributed by atoms with E-state index in [0.717, 1.165) is 67.0 Å². The molecule has 0 unspecified atom stereocenters. The van der Waals surface area contributed by atoms with Gasteiger partial charge in [-0.05, 0) is 49.9 Å². The summed E-state index contributed by atoms with van der Waals surface area (Å²) in [6.07, 6.45) is 5.81. The number of pyridine rings is 1. The van der Waals surface area contributed by atoms with Crippen LogP contribution in [0, 0.1) is 0 Å². The molecule has 2 fully saturated rings. The molecule has 162 valence electrons. The molecule has 0 radical (unpaired) electrons. The minimum absolute atomic E-state index is 0.235. The van der Waals surface area contributed by atoms with Gasteiger partial charge in [-0.15, -0.1) is 0 Å². The zero-order valence-electron chi connectivity index (χ0n) is 17.8. The molecule has 1 aromatic carbocycles. The first kappa shape index (κ1) is 19.8. The summed E-state index contributed by atoms with van der Waals surface area (Å²) in [5.41, 5.74) is 3.16. The fourth-order valence-corrected chi connectivity index (χ4v) is 4.55. The van der Waals surface area contributed by atoms with E-state index in [2.05, 4.69) is 26.4 Å². The molecule has 0 aliphatic carbocycles. The number of carbonyl (C=O) groups is 1. The van der Waals surface area contributed by atoms with Gasteiger partial charge < -0.3 is 20.2 Å². The third kappa shape index (κ3) is 3.95. The molecule has 2 aromatic heterocycles. The first-order chi connectivity index (χ1) is 15.1. The summed E-state index contributed by atoms with van der Waals surface area (Å²) in [6.45, 7) is 3.27. The van der Waals surface area contributed by atoms with Crippen LogP contribution in [0.1, 0.15) is 36.2 Å². The van der Waals surface area contributed by atoms with E-state index in [1.54, 1.807) is 6.07 Å². The Balaban J connectivity index is 1.45. The highest BCUT2D eigenvalue weighted by Gasteiger charge is 2.23. The van der Waals surface area contributed by atoms with Crippen LogP contribution in [0.3, 0.4) is 0 Å². The van der Waals surface area contributed by atoms with Crippen LogP contribution in [0.25, 0.3) is 10.9 Å². The maximum Gasteiger partial charge on any atom is 0.274 e. The van der Waals surface area contributed by atoms with Gasteiger partial charge in [0.15, 0.2) is 0 Å². The van der Waals surface area contributed by atoms with Crippen molar-refractivity contribution >= 4 is 34.0 Å². The maximum atomic E-state index is 13.2. The largest absolute Gasteiger partial charge is 0.391 e. The van der Waals surface area contributed by atoms with Gasteiger partial charge in [-0.2, -0.15) is 5.10 Å². The van der Waals surface area contributed by atoms with Crippen molar-refractivity contribution in [1.29, 1.82) is 0 Å². The minimum Gasteiger partial charge on any atom is -0.391 e. The average Bonchev–Trinajstić information content (AvgIpc) is 3.39. The molecule has 0 spiro atoms. The van der Waals surface area contributed by atoms with Crippen molar-refractivity contribution in [3.63, 3.8) is 0 Å². The minimum atomic E-state index is -0.336. The summed E-state index contributed by atoms with van der Waals surface area (Å²) in [7, 11) is 1.91. The van der Waals surface area contributed by atoms with E-state index in [-0.39, 0.29) is 12.0 Å². The highest BCUT2D eigenvalue weighted by molar-refractivity contribution is 6.06. The highest BCUT2D eigenvalue weighted by atomic mass is 16.3. The Morgan fingerprint density at radius 1 is 1.13 bits per heavy atom. The first-order valence-corrected chi connectivity index (χ1v) is 11.0. The lowest BCUT2D eigenvalue weighted by molar-refractivity contribution is 0.102. The highest BCUT2D eigenvalue weighted by Crippen LogP contribution is 2.33. The number of carbonyl (C=O) groups excluding carboxylic acids is 1. The van der Waals surface area contributed by atoms with Gasteiger partial charge in [0.25, 0.3) is 5.91 Å². The molecule has 2 aliphatic rings. The fourth-order valence-electron chi connectivity index (χ4n) is 4.55. The lowest BCUT2D eigenvalue weighted by Gasteiger charge is -2.30. The molecule has 2 N–H and O–H groups in total. The molecule has 1 amide bonds. The van der Waals surface area contributed by atoms with E-state index in [1.165, 1.54) is 6.42 Å². The summed E-state index contributed by atoms with van der Waals surface area (Å²) in [6, 6.07) is 9.59. The molecule has 0 saturated carbocycles. The number of hydrogen-bond donors (Lipinski definition) is 2. The van der Waals surface area contributed by atoms with Crippen molar-refractivity contribution in [2.45, 2.75) is 31.8 Å². The number of hydrogen-bond acceptors (Lipinski definition) is 6. The molecule has 5 rings (SSSR count). The number of fused-ring (bicyclic) bond motifs is 1. The molecular weight excluding hydrogens is 392 g/mol. The van der Waals surface area contributed by atoms with Gasteiger partial charge in [0, 0.05) is 38.6 Å². The summed E-state index contributed by atoms with van der Waals surface area (Å²) < 4.78 is 1.82. The van der Waals surface area contributed by atoms with Crippen LogP contribution >= 0.6 is 0 Å². The van der Waals surface area contributed by atoms with E-state index in [4.69, 9.17) is 0 Å². The van der Waals surface area contributed by atoms with Gasteiger partial charge in [0.1, 0.15) is 11.5 Å². The lowest BCUT2D eigenvalue weighted by Crippen LogP contribution is -2.30. The second-order valence-corrected chi connectivity index (χ2v) is 8.47.